The Morgan fingerprint density at radius 3 is 2.16 bits per heavy atom. The summed E-state index contributed by atoms with van der Waals surface area (Å²) >= 11 is 0. The highest BCUT2D eigenvalue weighted by Gasteiger charge is 2.55. The summed E-state index contributed by atoms with van der Waals surface area (Å²) in [6.07, 6.45) is 4.99. The number of rotatable bonds is 5. The molecule has 9 heteroatoms. The number of hydrazone groups is 1. The van der Waals surface area contributed by atoms with E-state index in [1.807, 2.05) is 26.0 Å². The van der Waals surface area contributed by atoms with Crippen LogP contribution in [0.4, 0.5) is 5.69 Å². The molecule has 4 aliphatic rings. The van der Waals surface area contributed by atoms with Crippen LogP contribution in [0.5, 0.6) is 0 Å². The second-order valence-electron chi connectivity index (χ2n) is 12.2. The van der Waals surface area contributed by atoms with Crippen LogP contribution in [-0.2, 0) is 14.4 Å². The molecule has 1 saturated carbocycles. The van der Waals surface area contributed by atoms with Gasteiger partial charge in [-0.25, -0.2) is 9.91 Å². The number of allylic oxidation sites excluding steroid dienone is 1. The maximum absolute atomic E-state index is 14.1. The number of carbonyl (C=O) groups excluding carboxylic acids is 3. The SMILES string of the molecule is Cc1ccc(/C=C2\CCCC3C2=NN(C(=O)CN2N=NC4C(=O)N(c5ccc(C)cc5)C(=O)C42)C3c2ccc(C)cc2)cc1. The zero-order chi connectivity index (χ0) is 30.5. The molecule has 9 nitrogen and oxygen atoms in total. The highest BCUT2D eigenvalue weighted by molar-refractivity contribution is 6.25. The Labute approximate surface area is 256 Å². The zero-order valence-corrected chi connectivity index (χ0v) is 25.1. The molecule has 0 bridgehead atoms. The number of amides is 3. The number of hydrogen-bond donors (Lipinski definition) is 0. The van der Waals surface area contributed by atoms with E-state index in [1.165, 1.54) is 10.6 Å². The van der Waals surface area contributed by atoms with Crippen LogP contribution in [0, 0.1) is 26.7 Å². The Morgan fingerprint density at radius 1 is 0.841 bits per heavy atom. The van der Waals surface area contributed by atoms with Gasteiger partial charge >= 0.3 is 0 Å². The van der Waals surface area contributed by atoms with E-state index >= 15 is 0 Å². The van der Waals surface area contributed by atoms with E-state index in [0.717, 1.165) is 57.7 Å². The topological polar surface area (TPSA) is 98.0 Å². The third kappa shape index (κ3) is 4.82. The van der Waals surface area contributed by atoms with Crippen molar-refractivity contribution < 1.29 is 14.4 Å². The Bertz CT molecular complexity index is 1730. The van der Waals surface area contributed by atoms with E-state index in [-0.39, 0.29) is 24.4 Å². The highest BCUT2D eigenvalue weighted by Crippen LogP contribution is 2.45. The summed E-state index contributed by atoms with van der Waals surface area (Å²) in [5.74, 6) is -1.10. The van der Waals surface area contributed by atoms with Crippen molar-refractivity contribution in [1.82, 2.24) is 10.0 Å². The standard InChI is InChI=1S/C35H34N6O3/c1-21-7-13-24(14-8-21)19-26-5-4-6-28-30(26)37-41(32(28)25-15-9-22(2)10-16-25)29(42)20-39-33-31(36-38-39)34(43)40(35(33)44)27-17-11-23(3)12-18-27/h7-19,28,31-33H,4-6,20H2,1-3H3/b26-19+. The lowest BCUT2D eigenvalue weighted by atomic mass is 9.77. The molecule has 1 aliphatic carbocycles. The minimum absolute atomic E-state index is 0.0479. The fraction of sp³-hybridized carbons (Fsp3) is 0.314. The van der Waals surface area contributed by atoms with Crippen LogP contribution in [0.1, 0.15) is 53.1 Å². The third-order valence-corrected chi connectivity index (χ3v) is 9.04. The van der Waals surface area contributed by atoms with Gasteiger partial charge in [0, 0.05) is 5.92 Å². The first-order valence-electron chi connectivity index (χ1n) is 15.1. The summed E-state index contributed by atoms with van der Waals surface area (Å²) < 4.78 is 0. The minimum Gasteiger partial charge on any atom is -0.271 e. The molecule has 0 aromatic heterocycles. The van der Waals surface area contributed by atoms with Crippen molar-refractivity contribution in [3.05, 3.63) is 106 Å². The highest BCUT2D eigenvalue weighted by atomic mass is 16.2. The summed E-state index contributed by atoms with van der Waals surface area (Å²) in [6, 6.07) is 21.7. The molecule has 0 spiro atoms. The van der Waals surface area contributed by atoms with E-state index in [1.54, 1.807) is 17.1 Å². The normalized spacial score (nSPS) is 25.1. The molecule has 3 aromatic rings. The minimum atomic E-state index is -0.971. The van der Waals surface area contributed by atoms with Crippen molar-refractivity contribution in [1.29, 1.82) is 0 Å². The molecule has 3 amide bonds. The summed E-state index contributed by atoms with van der Waals surface area (Å²) in [6.45, 7) is 5.84. The number of imide groups is 1. The van der Waals surface area contributed by atoms with Crippen molar-refractivity contribution in [3.8, 4) is 0 Å². The van der Waals surface area contributed by atoms with Gasteiger partial charge in [-0.15, -0.1) is 0 Å². The Kier molecular flexibility index (Phi) is 6.95. The summed E-state index contributed by atoms with van der Waals surface area (Å²) in [5.41, 5.74) is 8.06. The van der Waals surface area contributed by atoms with Gasteiger partial charge in [-0.1, -0.05) is 82.6 Å². The largest absolute Gasteiger partial charge is 0.271 e. The van der Waals surface area contributed by atoms with E-state index in [4.69, 9.17) is 5.10 Å². The number of carbonyl (C=O) groups is 3. The number of aryl methyl sites for hydroxylation is 3. The second kappa shape index (κ2) is 11.0. The number of fused-ring (bicyclic) bond motifs is 2. The maximum atomic E-state index is 14.1. The van der Waals surface area contributed by atoms with Crippen molar-refractivity contribution in [3.63, 3.8) is 0 Å². The summed E-state index contributed by atoms with van der Waals surface area (Å²) in [7, 11) is 0. The van der Waals surface area contributed by atoms with E-state index in [2.05, 4.69) is 71.9 Å². The molecule has 1 saturated heterocycles. The molecule has 44 heavy (non-hydrogen) atoms. The summed E-state index contributed by atoms with van der Waals surface area (Å²) in [5, 5.41) is 16.2. The van der Waals surface area contributed by atoms with Gasteiger partial charge in [-0.05, 0) is 74.9 Å². The molecule has 2 fully saturated rings. The maximum Gasteiger partial charge on any atom is 0.264 e. The molecule has 0 radical (unpaired) electrons. The van der Waals surface area contributed by atoms with Crippen LogP contribution < -0.4 is 4.90 Å². The zero-order valence-electron chi connectivity index (χ0n) is 25.1. The Morgan fingerprint density at radius 2 is 1.48 bits per heavy atom. The van der Waals surface area contributed by atoms with Gasteiger partial charge in [-0.3, -0.25) is 19.4 Å². The van der Waals surface area contributed by atoms with Crippen LogP contribution in [-0.4, -0.2) is 52.1 Å². The van der Waals surface area contributed by atoms with Crippen molar-refractivity contribution in [2.75, 3.05) is 11.4 Å². The van der Waals surface area contributed by atoms with Gasteiger partial charge in [0.05, 0.1) is 17.4 Å². The first-order valence-corrected chi connectivity index (χ1v) is 15.1. The van der Waals surface area contributed by atoms with Crippen LogP contribution in [0.3, 0.4) is 0 Å². The van der Waals surface area contributed by atoms with E-state index in [9.17, 15) is 14.4 Å². The fourth-order valence-corrected chi connectivity index (χ4v) is 6.68. The van der Waals surface area contributed by atoms with Crippen LogP contribution in [0.25, 0.3) is 6.08 Å². The van der Waals surface area contributed by atoms with Crippen LogP contribution in [0.15, 0.2) is 93.8 Å². The van der Waals surface area contributed by atoms with Crippen molar-refractivity contribution >= 4 is 35.2 Å². The third-order valence-electron chi connectivity index (χ3n) is 9.04. The Balaban J connectivity index is 1.18. The number of hydrogen-bond acceptors (Lipinski definition) is 7. The van der Waals surface area contributed by atoms with Gasteiger partial charge < -0.3 is 0 Å². The second-order valence-corrected chi connectivity index (χ2v) is 12.2. The molecule has 3 aliphatic heterocycles. The van der Waals surface area contributed by atoms with Gasteiger partial charge in [-0.2, -0.15) is 10.2 Å². The van der Waals surface area contributed by atoms with E-state index in [0.29, 0.717) is 5.69 Å². The monoisotopic (exact) mass is 586 g/mol. The quantitative estimate of drug-likeness (QED) is 0.357. The molecular weight excluding hydrogens is 552 g/mol. The smallest absolute Gasteiger partial charge is 0.264 e. The van der Waals surface area contributed by atoms with Gasteiger partial charge in [0.1, 0.15) is 6.54 Å². The average molecular weight is 587 g/mol. The lowest BCUT2D eigenvalue weighted by molar-refractivity contribution is -0.136. The molecular formula is C35H34N6O3. The number of nitrogens with zero attached hydrogens (tertiary/aromatic N) is 6. The van der Waals surface area contributed by atoms with Gasteiger partial charge in [0.25, 0.3) is 17.7 Å². The average Bonchev–Trinajstić information content (AvgIpc) is 3.69. The summed E-state index contributed by atoms with van der Waals surface area (Å²) in [4.78, 5) is 42.0. The molecule has 7 rings (SSSR count). The van der Waals surface area contributed by atoms with Crippen molar-refractivity contribution in [2.24, 2.45) is 21.4 Å². The first kappa shape index (κ1) is 27.9. The predicted molar refractivity (Wildman–Crippen MR) is 168 cm³/mol. The lowest BCUT2D eigenvalue weighted by Gasteiger charge is -2.30. The van der Waals surface area contributed by atoms with Crippen LogP contribution >= 0.6 is 0 Å². The van der Waals surface area contributed by atoms with E-state index < -0.39 is 23.9 Å². The Hall–Kier alpha value is -4.92. The predicted octanol–water partition coefficient (Wildman–Crippen LogP) is 5.73. The number of anilines is 1. The molecule has 3 heterocycles. The van der Waals surface area contributed by atoms with Gasteiger partial charge in [0.15, 0.2) is 12.1 Å². The molecule has 3 aromatic carbocycles. The molecule has 222 valence electrons. The van der Waals surface area contributed by atoms with Crippen molar-refractivity contribution in [2.45, 2.75) is 58.2 Å². The number of benzene rings is 3. The fourth-order valence-electron chi connectivity index (χ4n) is 6.68. The molecule has 0 N–H and O–H groups in total. The van der Waals surface area contributed by atoms with Crippen LogP contribution in [0.2, 0.25) is 0 Å². The molecule has 4 unspecified atom stereocenters. The molecule has 4 atom stereocenters. The van der Waals surface area contributed by atoms with Gasteiger partial charge in [0.2, 0.25) is 0 Å². The first-order chi connectivity index (χ1) is 21.3. The lowest BCUT2D eigenvalue weighted by Crippen LogP contribution is -2.45.